The van der Waals surface area contributed by atoms with Crippen LogP contribution in [0.3, 0.4) is 0 Å². The Hall–Kier alpha value is -2.66. The molecule has 2 heterocycles. The van der Waals surface area contributed by atoms with Crippen molar-refractivity contribution in [1.82, 2.24) is 19.5 Å². The Morgan fingerprint density at radius 2 is 2.18 bits per heavy atom. The summed E-state index contributed by atoms with van der Waals surface area (Å²) in [7, 11) is 0. The molecule has 0 saturated heterocycles. The van der Waals surface area contributed by atoms with E-state index in [2.05, 4.69) is 33.1 Å². The van der Waals surface area contributed by atoms with E-state index in [9.17, 15) is 8.78 Å². The van der Waals surface area contributed by atoms with E-state index < -0.39 is 11.6 Å². The normalized spacial score (nSPS) is 18.2. The number of anilines is 1. The Balaban J connectivity index is 1.61. The number of aromatic nitrogens is 4. The van der Waals surface area contributed by atoms with Gasteiger partial charge in [-0.3, -0.25) is 0 Å². The lowest BCUT2D eigenvalue weighted by atomic mass is 10.1. The summed E-state index contributed by atoms with van der Waals surface area (Å²) in [4.78, 5) is 13.7. The Labute approximate surface area is 166 Å². The van der Waals surface area contributed by atoms with Crippen LogP contribution in [0.5, 0.6) is 0 Å². The highest BCUT2D eigenvalue weighted by molar-refractivity contribution is 7.99. The van der Waals surface area contributed by atoms with Gasteiger partial charge in [-0.25, -0.2) is 23.7 Å². The van der Waals surface area contributed by atoms with Crippen LogP contribution in [0.4, 0.5) is 14.6 Å². The predicted octanol–water partition coefficient (Wildman–Crippen LogP) is 4.21. The highest BCUT2D eigenvalue weighted by Gasteiger charge is 2.39. The minimum atomic E-state index is -0.830. The molecule has 0 aliphatic heterocycles. The van der Waals surface area contributed by atoms with Crippen LogP contribution < -0.4 is 5.32 Å². The summed E-state index contributed by atoms with van der Waals surface area (Å²) in [5.41, 5.74) is 2.13. The fourth-order valence-electron chi connectivity index (χ4n) is 3.14. The zero-order valence-corrected chi connectivity index (χ0v) is 16.1. The smallest absolute Gasteiger partial charge is 0.191 e. The molecule has 0 radical (unpaired) electrons. The second-order valence-corrected chi connectivity index (χ2v) is 7.78. The fourth-order valence-corrected chi connectivity index (χ4v) is 3.83. The number of rotatable bonds is 7. The van der Waals surface area contributed by atoms with Gasteiger partial charge in [-0.15, -0.1) is 6.42 Å². The van der Waals surface area contributed by atoms with Gasteiger partial charge in [-0.05, 0) is 30.5 Å². The maximum absolute atomic E-state index is 13.5. The van der Waals surface area contributed by atoms with Crippen molar-refractivity contribution >= 4 is 28.7 Å². The van der Waals surface area contributed by atoms with Crippen molar-refractivity contribution in [3.05, 3.63) is 41.7 Å². The molecule has 2 aromatic heterocycles. The van der Waals surface area contributed by atoms with Gasteiger partial charge in [-0.1, -0.05) is 30.7 Å². The van der Waals surface area contributed by atoms with Crippen LogP contribution in [-0.2, 0) is 6.54 Å². The summed E-state index contributed by atoms with van der Waals surface area (Å²) in [6.07, 6.45) is 8.94. The van der Waals surface area contributed by atoms with Crippen molar-refractivity contribution in [3.8, 4) is 12.3 Å². The average Bonchev–Trinajstić information content (AvgIpc) is 3.33. The van der Waals surface area contributed by atoms with Crippen LogP contribution in [-0.4, -0.2) is 31.3 Å². The van der Waals surface area contributed by atoms with Gasteiger partial charge in [0.15, 0.2) is 33.8 Å². The van der Waals surface area contributed by atoms with E-state index in [0.717, 1.165) is 24.2 Å². The second-order valence-electron chi connectivity index (χ2n) is 6.72. The van der Waals surface area contributed by atoms with Gasteiger partial charge in [0.25, 0.3) is 0 Å². The minimum Gasteiger partial charge on any atom is -0.365 e. The molecular formula is C20H19F2N5S. The largest absolute Gasteiger partial charge is 0.365 e. The van der Waals surface area contributed by atoms with E-state index in [1.807, 2.05) is 4.57 Å². The number of fused-ring (bicyclic) bond motifs is 1. The SMILES string of the molecule is C#CCn1cnc2c(N[C@@H]3C[C@H]3c3ccc(F)c(F)c3)nc(SCCC)nc21. The molecule has 0 spiro atoms. The van der Waals surface area contributed by atoms with Crippen LogP contribution in [0, 0.1) is 24.0 Å². The number of terminal acetylenes is 1. The van der Waals surface area contributed by atoms with E-state index in [-0.39, 0.29) is 12.0 Å². The molecule has 1 aliphatic rings. The number of benzene rings is 1. The van der Waals surface area contributed by atoms with Gasteiger partial charge in [0.05, 0.1) is 12.9 Å². The summed E-state index contributed by atoms with van der Waals surface area (Å²) in [5, 5.41) is 4.07. The number of halogens is 2. The van der Waals surface area contributed by atoms with Crippen molar-refractivity contribution in [2.45, 2.75) is 43.4 Å². The third-order valence-electron chi connectivity index (χ3n) is 4.62. The molecule has 0 bridgehead atoms. The first-order chi connectivity index (χ1) is 13.6. The summed E-state index contributed by atoms with van der Waals surface area (Å²) in [6.45, 7) is 2.48. The van der Waals surface area contributed by atoms with Gasteiger partial charge in [0.1, 0.15) is 0 Å². The molecule has 144 valence electrons. The standard InChI is InChI=1S/C20H19F2N5S/c1-3-7-27-11-23-17-18(25-20(26-19(17)27)28-8-4-2)24-16-10-13(16)12-5-6-14(21)15(22)9-12/h1,5-6,9,11,13,16H,4,7-8,10H2,2H3,(H,24,25,26)/t13-,16+/m0/s1. The summed E-state index contributed by atoms with van der Waals surface area (Å²) in [6, 6.07) is 4.15. The quantitative estimate of drug-likeness (QED) is 0.366. The van der Waals surface area contributed by atoms with Crippen LogP contribution in [0.15, 0.2) is 29.7 Å². The summed E-state index contributed by atoms with van der Waals surface area (Å²) in [5.74, 6) is 2.62. The molecule has 0 amide bonds. The fraction of sp³-hybridized carbons (Fsp3) is 0.350. The molecular weight excluding hydrogens is 380 g/mol. The van der Waals surface area contributed by atoms with Gasteiger partial charge in [0.2, 0.25) is 0 Å². The Bertz CT molecular complexity index is 1060. The molecule has 8 heteroatoms. The maximum Gasteiger partial charge on any atom is 0.191 e. The van der Waals surface area contributed by atoms with Crippen molar-refractivity contribution in [2.75, 3.05) is 11.1 Å². The molecule has 2 atom stereocenters. The van der Waals surface area contributed by atoms with E-state index in [4.69, 9.17) is 6.42 Å². The third-order valence-corrected chi connectivity index (χ3v) is 5.68. The number of nitrogens with one attached hydrogen (secondary N) is 1. The maximum atomic E-state index is 13.5. The first kappa shape index (κ1) is 18.7. The van der Waals surface area contributed by atoms with Gasteiger partial charge in [0, 0.05) is 17.7 Å². The summed E-state index contributed by atoms with van der Waals surface area (Å²) >= 11 is 1.58. The lowest BCUT2D eigenvalue weighted by Crippen LogP contribution is -2.08. The Kier molecular flexibility index (Phi) is 5.18. The molecule has 5 nitrogen and oxygen atoms in total. The zero-order chi connectivity index (χ0) is 19.7. The molecule has 4 rings (SSSR count). The topological polar surface area (TPSA) is 55.6 Å². The van der Waals surface area contributed by atoms with E-state index in [1.54, 1.807) is 24.2 Å². The molecule has 0 unspecified atom stereocenters. The molecule has 1 saturated carbocycles. The predicted molar refractivity (Wildman–Crippen MR) is 106 cm³/mol. The van der Waals surface area contributed by atoms with Crippen LogP contribution in [0.1, 0.15) is 31.2 Å². The number of imidazole rings is 1. The second kappa shape index (κ2) is 7.76. The Morgan fingerprint density at radius 3 is 2.93 bits per heavy atom. The van der Waals surface area contributed by atoms with Crippen molar-refractivity contribution < 1.29 is 8.78 Å². The van der Waals surface area contributed by atoms with Crippen LogP contribution in [0.2, 0.25) is 0 Å². The third kappa shape index (κ3) is 3.67. The van der Waals surface area contributed by atoms with Crippen LogP contribution >= 0.6 is 11.8 Å². The van der Waals surface area contributed by atoms with Crippen molar-refractivity contribution in [3.63, 3.8) is 0 Å². The number of nitrogens with zero attached hydrogens (tertiary/aromatic N) is 4. The molecule has 3 aromatic rings. The van der Waals surface area contributed by atoms with E-state index >= 15 is 0 Å². The lowest BCUT2D eigenvalue weighted by Gasteiger charge is -2.09. The Morgan fingerprint density at radius 1 is 1.32 bits per heavy atom. The van der Waals surface area contributed by atoms with Gasteiger partial charge < -0.3 is 9.88 Å². The minimum absolute atomic E-state index is 0.0877. The van der Waals surface area contributed by atoms with Gasteiger partial charge >= 0.3 is 0 Å². The number of hydrogen-bond acceptors (Lipinski definition) is 5. The highest BCUT2D eigenvalue weighted by Crippen LogP contribution is 2.43. The molecule has 1 aliphatic carbocycles. The summed E-state index contributed by atoms with van der Waals surface area (Å²) < 4.78 is 28.5. The lowest BCUT2D eigenvalue weighted by molar-refractivity contribution is 0.507. The molecule has 1 aromatic carbocycles. The molecule has 1 fully saturated rings. The number of thioether (sulfide) groups is 1. The van der Waals surface area contributed by atoms with Gasteiger partial charge in [-0.2, -0.15) is 0 Å². The number of hydrogen-bond donors (Lipinski definition) is 1. The first-order valence-electron chi connectivity index (χ1n) is 9.11. The van der Waals surface area contributed by atoms with Crippen molar-refractivity contribution in [2.24, 2.45) is 0 Å². The van der Waals surface area contributed by atoms with Crippen LogP contribution in [0.25, 0.3) is 11.2 Å². The van der Waals surface area contributed by atoms with Crippen molar-refractivity contribution in [1.29, 1.82) is 0 Å². The van der Waals surface area contributed by atoms with E-state index in [1.165, 1.54) is 12.1 Å². The molecule has 1 N–H and O–H groups in total. The molecule has 28 heavy (non-hydrogen) atoms. The monoisotopic (exact) mass is 399 g/mol. The highest BCUT2D eigenvalue weighted by atomic mass is 32.2. The van der Waals surface area contributed by atoms with E-state index in [0.29, 0.717) is 28.7 Å². The first-order valence-corrected chi connectivity index (χ1v) is 10.1. The zero-order valence-electron chi connectivity index (χ0n) is 15.3. The average molecular weight is 399 g/mol.